The van der Waals surface area contributed by atoms with E-state index in [1.54, 1.807) is 26.5 Å². The summed E-state index contributed by atoms with van der Waals surface area (Å²) >= 11 is 0. The smallest absolute Gasteiger partial charge is 0.219 e. The number of rotatable bonds is 7. The molecule has 8 heteroatoms. The van der Waals surface area contributed by atoms with Crippen LogP contribution >= 0.6 is 24.0 Å². The summed E-state index contributed by atoms with van der Waals surface area (Å²) in [6.45, 7) is 0.469. The molecular formula is C21H29IN4O3. The van der Waals surface area contributed by atoms with Crippen molar-refractivity contribution in [2.75, 3.05) is 14.2 Å². The van der Waals surface area contributed by atoms with Crippen molar-refractivity contribution >= 4 is 29.9 Å². The lowest BCUT2D eigenvalue weighted by atomic mass is 9.96. The third-order valence-electron chi connectivity index (χ3n) is 4.78. The molecule has 0 amide bonds. The van der Waals surface area contributed by atoms with Gasteiger partial charge in [0.25, 0.3) is 0 Å². The van der Waals surface area contributed by atoms with Gasteiger partial charge in [-0.1, -0.05) is 31.4 Å². The Morgan fingerprint density at radius 1 is 1.10 bits per heavy atom. The third-order valence-corrected chi connectivity index (χ3v) is 4.78. The standard InChI is InChI=1S/C21H28N4O3.HI/c1-26-17-9-6-10-18(27-2)20(17)28-19-12-11-15(13-23-19)14-24-21(22)25-16-7-4-3-5-8-16;/h6,9-13,16H,3-5,7-8,14H2,1-2H3,(H3,22,24,25);1H. The number of guanidine groups is 1. The summed E-state index contributed by atoms with van der Waals surface area (Å²) in [5.74, 6) is 2.59. The highest BCUT2D eigenvalue weighted by Crippen LogP contribution is 2.39. The molecule has 3 N–H and O–H groups in total. The lowest BCUT2D eigenvalue weighted by molar-refractivity contribution is 0.342. The van der Waals surface area contributed by atoms with E-state index in [1.807, 2.05) is 24.3 Å². The van der Waals surface area contributed by atoms with Gasteiger partial charge in [-0.15, -0.1) is 24.0 Å². The van der Waals surface area contributed by atoms with E-state index in [4.69, 9.17) is 19.9 Å². The van der Waals surface area contributed by atoms with Gasteiger partial charge in [0, 0.05) is 18.3 Å². The minimum Gasteiger partial charge on any atom is -0.493 e. The van der Waals surface area contributed by atoms with Gasteiger partial charge in [0.05, 0.1) is 20.8 Å². The molecule has 1 aliphatic carbocycles. The molecule has 7 nitrogen and oxygen atoms in total. The minimum atomic E-state index is 0. The van der Waals surface area contributed by atoms with Gasteiger partial charge in [-0.3, -0.25) is 0 Å². The number of halogens is 1. The van der Waals surface area contributed by atoms with Crippen LogP contribution in [-0.2, 0) is 6.54 Å². The molecule has 2 aromatic rings. The molecule has 29 heavy (non-hydrogen) atoms. The summed E-state index contributed by atoms with van der Waals surface area (Å²) in [5, 5.41) is 3.31. The van der Waals surface area contributed by atoms with Crippen molar-refractivity contribution in [3.63, 3.8) is 0 Å². The SMILES string of the molecule is COc1cccc(OC)c1Oc1ccc(CN=C(N)NC2CCCCC2)cn1.I. The average molecular weight is 512 g/mol. The van der Waals surface area contributed by atoms with Crippen LogP contribution in [0.3, 0.4) is 0 Å². The molecular weight excluding hydrogens is 483 g/mol. The Morgan fingerprint density at radius 2 is 1.79 bits per heavy atom. The topological polar surface area (TPSA) is 91.0 Å². The predicted octanol–water partition coefficient (Wildman–Crippen LogP) is 4.25. The molecule has 0 saturated heterocycles. The average Bonchev–Trinajstić information content (AvgIpc) is 2.74. The number of para-hydroxylation sites is 1. The van der Waals surface area contributed by atoms with Crippen LogP contribution in [-0.4, -0.2) is 31.2 Å². The Morgan fingerprint density at radius 3 is 2.38 bits per heavy atom. The zero-order valence-electron chi connectivity index (χ0n) is 16.9. The van der Waals surface area contributed by atoms with Crippen LogP contribution in [0.5, 0.6) is 23.1 Å². The molecule has 3 rings (SSSR count). The van der Waals surface area contributed by atoms with Crippen LogP contribution in [0, 0.1) is 0 Å². The summed E-state index contributed by atoms with van der Waals surface area (Å²) in [4.78, 5) is 8.77. The lowest BCUT2D eigenvalue weighted by Crippen LogP contribution is -2.41. The highest BCUT2D eigenvalue weighted by Gasteiger charge is 2.14. The predicted molar refractivity (Wildman–Crippen MR) is 125 cm³/mol. The number of hydrogen-bond donors (Lipinski definition) is 2. The number of nitrogens with two attached hydrogens (primary N) is 1. The van der Waals surface area contributed by atoms with E-state index in [0.29, 0.717) is 41.7 Å². The molecule has 0 atom stereocenters. The van der Waals surface area contributed by atoms with Gasteiger partial charge >= 0.3 is 0 Å². The van der Waals surface area contributed by atoms with Crippen molar-refractivity contribution in [1.82, 2.24) is 10.3 Å². The highest BCUT2D eigenvalue weighted by molar-refractivity contribution is 14.0. The molecule has 0 unspecified atom stereocenters. The van der Waals surface area contributed by atoms with E-state index in [-0.39, 0.29) is 24.0 Å². The number of aromatic nitrogens is 1. The largest absolute Gasteiger partial charge is 0.493 e. The van der Waals surface area contributed by atoms with E-state index in [1.165, 1.54) is 19.3 Å². The van der Waals surface area contributed by atoms with Crippen molar-refractivity contribution in [2.45, 2.75) is 44.7 Å². The van der Waals surface area contributed by atoms with Gasteiger partial charge in [-0.2, -0.15) is 0 Å². The Labute approximate surface area is 189 Å². The summed E-state index contributed by atoms with van der Waals surface area (Å²) in [6.07, 6.45) is 7.89. The first-order valence-corrected chi connectivity index (χ1v) is 9.60. The molecule has 0 aliphatic heterocycles. The molecule has 0 radical (unpaired) electrons. The number of aliphatic imine (C=N–C) groups is 1. The first-order chi connectivity index (χ1) is 13.7. The molecule has 158 valence electrons. The number of pyridine rings is 1. The van der Waals surface area contributed by atoms with E-state index >= 15 is 0 Å². The monoisotopic (exact) mass is 512 g/mol. The van der Waals surface area contributed by atoms with Crippen LogP contribution < -0.4 is 25.3 Å². The van der Waals surface area contributed by atoms with Gasteiger partial charge in [0.15, 0.2) is 17.5 Å². The molecule has 1 fully saturated rings. The number of hydrogen-bond acceptors (Lipinski definition) is 5. The number of nitrogens with one attached hydrogen (secondary N) is 1. The Kier molecular flexibility index (Phi) is 9.30. The second-order valence-corrected chi connectivity index (χ2v) is 6.78. The van der Waals surface area contributed by atoms with E-state index < -0.39 is 0 Å². The van der Waals surface area contributed by atoms with Gasteiger partial charge in [-0.25, -0.2) is 9.98 Å². The maximum atomic E-state index is 6.01. The normalized spacial score (nSPS) is 14.6. The first-order valence-electron chi connectivity index (χ1n) is 9.60. The Balaban J connectivity index is 0.00000300. The maximum absolute atomic E-state index is 6.01. The summed E-state index contributed by atoms with van der Waals surface area (Å²) < 4.78 is 16.5. The molecule has 1 aromatic heterocycles. The summed E-state index contributed by atoms with van der Waals surface area (Å²) in [6, 6.07) is 9.61. The fourth-order valence-corrected chi connectivity index (χ4v) is 3.27. The van der Waals surface area contributed by atoms with Crippen molar-refractivity contribution < 1.29 is 14.2 Å². The van der Waals surface area contributed by atoms with Crippen molar-refractivity contribution in [3.8, 4) is 23.1 Å². The van der Waals surface area contributed by atoms with Gasteiger partial charge in [0.1, 0.15) is 0 Å². The lowest BCUT2D eigenvalue weighted by Gasteiger charge is -2.23. The zero-order chi connectivity index (χ0) is 19.8. The fraction of sp³-hybridized carbons (Fsp3) is 0.429. The van der Waals surface area contributed by atoms with Gasteiger partial charge in [0.2, 0.25) is 11.6 Å². The Hall–Kier alpha value is -2.23. The number of benzene rings is 1. The highest BCUT2D eigenvalue weighted by atomic mass is 127. The van der Waals surface area contributed by atoms with Gasteiger partial charge in [-0.05, 0) is 30.5 Å². The van der Waals surface area contributed by atoms with Crippen molar-refractivity contribution in [1.29, 1.82) is 0 Å². The third kappa shape index (κ3) is 6.66. The summed E-state index contributed by atoms with van der Waals surface area (Å²) in [5.41, 5.74) is 6.97. The van der Waals surface area contributed by atoms with Crippen LogP contribution in [0.1, 0.15) is 37.7 Å². The van der Waals surface area contributed by atoms with Gasteiger partial charge < -0.3 is 25.3 Å². The van der Waals surface area contributed by atoms with Crippen LogP contribution in [0.4, 0.5) is 0 Å². The van der Waals surface area contributed by atoms with Crippen molar-refractivity contribution in [3.05, 3.63) is 42.1 Å². The first kappa shape index (κ1) is 23.1. The van der Waals surface area contributed by atoms with Crippen LogP contribution in [0.2, 0.25) is 0 Å². The number of methoxy groups -OCH3 is 2. The van der Waals surface area contributed by atoms with E-state index in [9.17, 15) is 0 Å². The van der Waals surface area contributed by atoms with Crippen LogP contribution in [0.25, 0.3) is 0 Å². The fourth-order valence-electron chi connectivity index (χ4n) is 3.27. The second kappa shape index (κ2) is 11.7. The maximum Gasteiger partial charge on any atom is 0.219 e. The van der Waals surface area contributed by atoms with Crippen LogP contribution in [0.15, 0.2) is 41.5 Å². The Bertz CT molecular complexity index is 771. The minimum absolute atomic E-state index is 0. The zero-order valence-corrected chi connectivity index (χ0v) is 19.2. The second-order valence-electron chi connectivity index (χ2n) is 6.78. The molecule has 0 spiro atoms. The molecule has 1 aliphatic rings. The molecule has 0 bridgehead atoms. The number of ether oxygens (including phenoxy) is 3. The summed E-state index contributed by atoms with van der Waals surface area (Å²) in [7, 11) is 3.17. The molecule has 1 heterocycles. The number of nitrogens with zero attached hydrogens (tertiary/aromatic N) is 2. The molecule has 1 saturated carbocycles. The van der Waals surface area contributed by atoms with Crippen molar-refractivity contribution in [2.24, 2.45) is 10.7 Å². The van der Waals surface area contributed by atoms with E-state index in [0.717, 1.165) is 18.4 Å². The molecule has 1 aromatic carbocycles. The van der Waals surface area contributed by atoms with E-state index in [2.05, 4.69) is 15.3 Å². The quantitative estimate of drug-likeness (QED) is 0.328.